The van der Waals surface area contributed by atoms with E-state index < -0.39 is 16.2 Å². The molecule has 0 spiro atoms. The van der Waals surface area contributed by atoms with Crippen molar-refractivity contribution in [3.8, 4) is 0 Å². The summed E-state index contributed by atoms with van der Waals surface area (Å²) in [5.41, 5.74) is 0. The molecule has 0 radical (unpaired) electrons. The molecular formula is C17H17BrCl2O2Sn. The van der Waals surface area contributed by atoms with E-state index in [1.54, 1.807) is 0 Å². The number of rotatable bonds is 6. The summed E-state index contributed by atoms with van der Waals surface area (Å²) in [5, 5.41) is 1.41. The summed E-state index contributed by atoms with van der Waals surface area (Å²) in [4.78, 5) is 11.8. The number of carbonyl (C=O) groups excluding carboxylic acids is 1. The topological polar surface area (TPSA) is 26.3 Å². The van der Waals surface area contributed by atoms with E-state index in [4.69, 9.17) is 27.9 Å². The fourth-order valence-electron chi connectivity index (χ4n) is 2.39. The van der Waals surface area contributed by atoms with E-state index in [9.17, 15) is 4.79 Å². The quantitative estimate of drug-likeness (QED) is 0.415. The van der Waals surface area contributed by atoms with Gasteiger partial charge in [0.2, 0.25) is 0 Å². The van der Waals surface area contributed by atoms with Crippen molar-refractivity contribution in [1.82, 2.24) is 0 Å². The van der Waals surface area contributed by atoms with E-state index in [1.165, 1.54) is 7.16 Å². The Morgan fingerprint density at radius 3 is 1.83 bits per heavy atom. The summed E-state index contributed by atoms with van der Waals surface area (Å²) < 4.78 is 8.32. The molecule has 2 aromatic carbocycles. The van der Waals surface area contributed by atoms with Gasteiger partial charge in [0.05, 0.1) is 0 Å². The van der Waals surface area contributed by atoms with Crippen molar-refractivity contribution >= 4 is 65.2 Å². The Morgan fingerprint density at radius 1 is 1.00 bits per heavy atom. The molecule has 0 aromatic heterocycles. The molecular weight excluding hydrogens is 506 g/mol. The van der Waals surface area contributed by atoms with Crippen LogP contribution in [0.15, 0.2) is 48.5 Å². The number of ether oxygens (including phenoxy) is 1. The summed E-state index contributed by atoms with van der Waals surface area (Å²) in [5.74, 6) is -0.157. The fraction of sp³-hybridized carbons (Fsp3) is 0.235. The molecule has 0 saturated carbocycles. The molecule has 2 nitrogen and oxygen atoms in total. The normalized spacial score (nSPS) is 11.3. The van der Waals surface area contributed by atoms with Gasteiger partial charge in [-0.05, 0) is 0 Å². The molecule has 2 rings (SSSR count). The Hall–Kier alpha value is -0.231. The van der Waals surface area contributed by atoms with Gasteiger partial charge in [-0.3, -0.25) is 0 Å². The molecule has 0 aliphatic carbocycles. The number of esters is 1. The average molecular weight is 523 g/mol. The van der Waals surface area contributed by atoms with Crippen molar-refractivity contribution in [2.75, 3.05) is 6.61 Å². The van der Waals surface area contributed by atoms with Crippen LogP contribution in [0.2, 0.25) is 14.5 Å². The number of carbonyl (C=O) groups is 1. The second-order valence-electron chi connectivity index (χ2n) is 5.12. The molecule has 0 aliphatic heterocycles. The first-order valence-electron chi connectivity index (χ1n) is 7.32. The Labute approximate surface area is 156 Å². The molecule has 6 heteroatoms. The van der Waals surface area contributed by atoms with Crippen LogP contribution in [0.1, 0.15) is 13.3 Å². The molecule has 23 heavy (non-hydrogen) atoms. The molecule has 2 aromatic rings. The molecule has 122 valence electrons. The summed E-state index contributed by atoms with van der Waals surface area (Å²) >= 11 is 12.9. The van der Waals surface area contributed by atoms with Gasteiger partial charge in [-0.1, -0.05) is 0 Å². The molecule has 0 N–H and O–H groups in total. The van der Waals surface area contributed by atoms with Crippen LogP contribution in [0.3, 0.4) is 0 Å². The van der Waals surface area contributed by atoms with Gasteiger partial charge in [-0.25, -0.2) is 0 Å². The molecule has 0 bridgehead atoms. The van der Waals surface area contributed by atoms with Crippen LogP contribution in [-0.4, -0.2) is 28.7 Å². The van der Waals surface area contributed by atoms with Crippen LogP contribution in [0, 0.1) is 0 Å². The van der Waals surface area contributed by atoms with Gasteiger partial charge < -0.3 is 0 Å². The Morgan fingerprint density at radius 2 is 1.43 bits per heavy atom. The number of hydrogen-bond donors (Lipinski definition) is 0. The monoisotopic (exact) mass is 522 g/mol. The third-order valence-corrected chi connectivity index (χ3v) is 22.7. The predicted molar refractivity (Wildman–Crippen MR) is 103 cm³/mol. The molecule has 0 saturated heterocycles. The maximum atomic E-state index is 11.8. The van der Waals surface area contributed by atoms with E-state index in [1.807, 2.05) is 55.5 Å². The number of hydrogen-bond acceptors (Lipinski definition) is 2. The van der Waals surface area contributed by atoms with Crippen LogP contribution in [0.4, 0.5) is 0 Å². The van der Waals surface area contributed by atoms with Gasteiger partial charge in [0.15, 0.2) is 0 Å². The van der Waals surface area contributed by atoms with Crippen molar-refractivity contribution in [3.63, 3.8) is 0 Å². The summed E-state index contributed by atoms with van der Waals surface area (Å²) in [6.45, 7) is 2.23. The van der Waals surface area contributed by atoms with Crippen LogP contribution in [-0.2, 0) is 9.53 Å². The summed E-state index contributed by atoms with van der Waals surface area (Å²) in [6.07, 6.45) is 0.403. The maximum absolute atomic E-state index is 11.8. The predicted octanol–water partition coefficient (Wildman–Crippen LogP) is 4.40. The van der Waals surface area contributed by atoms with Gasteiger partial charge in [0, 0.05) is 0 Å². The van der Waals surface area contributed by atoms with E-state index in [0.29, 0.717) is 23.1 Å². The molecule has 0 heterocycles. The van der Waals surface area contributed by atoms with Gasteiger partial charge in [-0.2, -0.15) is 0 Å². The van der Waals surface area contributed by atoms with Crippen LogP contribution in [0.5, 0.6) is 0 Å². The molecule has 0 aliphatic rings. The third-order valence-electron chi connectivity index (χ3n) is 3.58. The Balaban J connectivity index is 2.35. The Kier molecular flexibility index (Phi) is 7.26. The average Bonchev–Trinajstić information content (AvgIpc) is 2.54. The first-order chi connectivity index (χ1) is 11.0. The third kappa shape index (κ3) is 5.12. The van der Waals surface area contributed by atoms with E-state index in [-0.39, 0.29) is 5.97 Å². The zero-order valence-corrected chi connectivity index (χ0v) is 18.6. The molecule has 0 fully saturated rings. The van der Waals surface area contributed by atoms with Gasteiger partial charge in [-0.15, -0.1) is 0 Å². The minimum absolute atomic E-state index is 0.157. The van der Waals surface area contributed by atoms with E-state index in [0.717, 1.165) is 4.44 Å². The molecule has 0 atom stereocenters. The second kappa shape index (κ2) is 8.74. The van der Waals surface area contributed by atoms with E-state index >= 15 is 0 Å². The van der Waals surface area contributed by atoms with Crippen molar-refractivity contribution in [2.45, 2.75) is 17.8 Å². The molecule has 0 unspecified atom stereocenters. The first-order valence-corrected chi connectivity index (χ1v) is 19.3. The van der Waals surface area contributed by atoms with Crippen LogP contribution < -0.4 is 7.16 Å². The van der Waals surface area contributed by atoms with Crippen molar-refractivity contribution in [1.29, 1.82) is 0 Å². The van der Waals surface area contributed by atoms with E-state index in [2.05, 4.69) is 12.7 Å². The zero-order valence-electron chi connectivity index (χ0n) is 12.7. The zero-order chi connectivity index (χ0) is 16.9. The standard InChI is InChI=1S/2C6H4Cl.C5H9O2.BrH.Sn/c2*7-6-4-2-1-3-5-6;1-3-5(6)7-4-2;;/h2*2-5H;1,3-4H2,2H3;1H;/q;;;;+1/p-1. The van der Waals surface area contributed by atoms with Gasteiger partial charge in [0.1, 0.15) is 0 Å². The van der Waals surface area contributed by atoms with Crippen molar-refractivity contribution in [3.05, 3.63) is 58.6 Å². The van der Waals surface area contributed by atoms with Gasteiger partial charge >= 0.3 is 158 Å². The minimum atomic E-state index is -3.14. The van der Waals surface area contributed by atoms with Gasteiger partial charge in [0.25, 0.3) is 0 Å². The fourth-order valence-corrected chi connectivity index (χ4v) is 15.7. The Bertz CT molecular complexity index is 614. The number of benzene rings is 2. The molecule has 0 amide bonds. The number of halogens is 3. The van der Waals surface area contributed by atoms with Crippen molar-refractivity contribution in [2.24, 2.45) is 0 Å². The first kappa shape index (κ1) is 19.1. The van der Waals surface area contributed by atoms with Crippen LogP contribution in [0.25, 0.3) is 0 Å². The van der Waals surface area contributed by atoms with Crippen molar-refractivity contribution < 1.29 is 9.53 Å². The second-order valence-corrected chi connectivity index (χ2v) is 24.4. The summed E-state index contributed by atoms with van der Waals surface area (Å²) in [7, 11) is 0. The summed E-state index contributed by atoms with van der Waals surface area (Å²) in [6, 6.07) is 15.8. The SMILES string of the molecule is CCOC(=O)C[CH2][Sn]([Br])([c]1ccc(Cl)cc1)[c]1ccc(Cl)cc1. The van der Waals surface area contributed by atoms with Crippen LogP contribution >= 0.6 is 35.9 Å².